The molecule has 1 saturated heterocycles. The van der Waals surface area contributed by atoms with Gasteiger partial charge in [0.25, 0.3) is 0 Å². The minimum atomic E-state index is -0.158. The van der Waals surface area contributed by atoms with E-state index >= 15 is 0 Å². The second-order valence-electron chi connectivity index (χ2n) is 3.74. The fourth-order valence-electron chi connectivity index (χ4n) is 1.81. The van der Waals surface area contributed by atoms with Crippen LogP contribution >= 0.6 is 0 Å². The maximum absolute atomic E-state index is 11.1. The summed E-state index contributed by atoms with van der Waals surface area (Å²) in [7, 11) is 1.42. The van der Waals surface area contributed by atoms with Gasteiger partial charge in [-0.15, -0.1) is 0 Å². The molecule has 1 unspecified atom stereocenters. The minimum Gasteiger partial charge on any atom is -0.469 e. The monoisotopic (exact) mass is 186 g/mol. The lowest BCUT2D eigenvalue weighted by Crippen LogP contribution is -2.46. The molecule has 1 fully saturated rings. The zero-order valence-electron chi connectivity index (χ0n) is 8.14. The van der Waals surface area contributed by atoms with Crippen molar-refractivity contribution in [3.05, 3.63) is 0 Å². The highest BCUT2D eigenvalue weighted by atomic mass is 16.5. The third kappa shape index (κ3) is 2.67. The van der Waals surface area contributed by atoms with E-state index in [2.05, 4.69) is 10.1 Å². The van der Waals surface area contributed by atoms with E-state index in [9.17, 15) is 4.79 Å². The second-order valence-corrected chi connectivity index (χ2v) is 3.74. The van der Waals surface area contributed by atoms with Gasteiger partial charge in [0.2, 0.25) is 0 Å². The zero-order valence-corrected chi connectivity index (χ0v) is 8.14. The molecular formula is C9H18N2O2. The van der Waals surface area contributed by atoms with Gasteiger partial charge in [0.1, 0.15) is 0 Å². The van der Waals surface area contributed by atoms with Crippen LogP contribution in [0.1, 0.15) is 19.3 Å². The lowest BCUT2D eigenvalue weighted by Gasteiger charge is -2.35. The SMILES string of the molecule is COC(=O)CC1(CN)CCCNC1. The summed E-state index contributed by atoms with van der Waals surface area (Å²) in [4.78, 5) is 11.1. The summed E-state index contributed by atoms with van der Waals surface area (Å²) in [5.74, 6) is -0.158. The van der Waals surface area contributed by atoms with Crippen LogP contribution in [-0.4, -0.2) is 32.7 Å². The highest BCUT2D eigenvalue weighted by molar-refractivity contribution is 5.70. The van der Waals surface area contributed by atoms with Crippen LogP contribution in [0.3, 0.4) is 0 Å². The predicted octanol–water partition coefficient (Wildman–Crippen LogP) is -0.122. The van der Waals surface area contributed by atoms with Crippen molar-refractivity contribution in [1.29, 1.82) is 0 Å². The molecule has 0 saturated carbocycles. The lowest BCUT2D eigenvalue weighted by molar-refractivity contribution is -0.143. The normalized spacial score (nSPS) is 28.5. The summed E-state index contributed by atoms with van der Waals surface area (Å²) in [6.45, 7) is 2.41. The lowest BCUT2D eigenvalue weighted by atomic mass is 9.78. The Balaban J connectivity index is 2.52. The van der Waals surface area contributed by atoms with Crippen molar-refractivity contribution in [2.45, 2.75) is 19.3 Å². The first kappa shape index (κ1) is 10.5. The second kappa shape index (κ2) is 4.58. The van der Waals surface area contributed by atoms with Gasteiger partial charge in [-0.25, -0.2) is 0 Å². The molecule has 4 nitrogen and oxygen atoms in total. The fourth-order valence-corrected chi connectivity index (χ4v) is 1.81. The maximum Gasteiger partial charge on any atom is 0.306 e. The number of nitrogens with two attached hydrogens (primary N) is 1. The first-order valence-corrected chi connectivity index (χ1v) is 4.70. The summed E-state index contributed by atoms with van der Waals surface area (Å²) in [6, 6.07) is 0. The van der Waals surface area contributed by atoms with Gasteiger partial charge in [-0.05, 0) is 25.9 Å². The Morgan fingerprint density at radius 1 is 1.69 bits per heavy atom. The zero-order chi connectivity index (χ0) is 9.73. The van der Waals surface area contributed by atoms with Gasteiger partial charge in [-0.2, -0.15) is 0 Å². The molecule has 1 heterocycles. The minimum absolute atomic E-state index is 0.0641. The van der Waals surface area contributed by atoms with E-state index in [1.54, 1.807) is 0 Å². The number of ether oxygens (including phenoxy) is 1. The quantitative estimate of drug-likeness (QED) is 0.603. The van der Waals surface area contributed by atoms with Gasteiger partial charge in [0, 0.05) is 12.0 Å². The van der Waals surface area contributed by atoms with Crippen LogP contribution in [0, 0.1) is 5.41 Å². The Morgan fingerprint density at radius 2 is 2.46 bits per heavy atom. The van der Waals surface area contributed by atoms with Crippen LogP contribution in [-0.2, 0) is 9.53 Å². The summed E-state index contributed by atoms with van der Waals surface area (Å²) in [5, 5.41) is 3.27. The van der Waals surface area contributed by atoms with E-state index in [0.717, 1.165) is 25.9 Å². The molecule has 1 aliphatic rings. The van der Waals surface area contributed by atoms with E-state index in [1.807, 2.05) is 0 Å². The van der Waals surface area contributed by atoms with Crippen LogP contribution in [0.25, 0.3) is 0 Å². The Labute approximate surface area is 78.8 Å². The Kier molecular flexibility index (Phi) is 3.69. The van der Waals surface area contributed by atoms with Gasteiger partial charge in [0.05, 0.1) is 13.5 Å². The van der Waals surface area contributed by atoms with Crippen LogP contribution in [0.5, 0.6) is 0 Å². The first-order valence-electron chi connectivity index (χ1n) is 4.70. The molecule has 0 radical (unpaired) electrons. The van der Waals surface area contributed by atoms with Crippen LogP contribution < -0.4 is 11.1 Å². The number of hydrogen-bond acceptors (Lipinski definition) is 4. The van der Waals surface area contributed by atoms with Gasteiger partial charge in [-0.3, -0.25) is 4.79 Å². The summed E-state index contributed by atoms with van der Waals surface area (Å²) in [6.07, 6.45) is 2.55. The molecule has 1 aliphatic heterocycles. The number of nitrogens with one attached hydrogen (secondary N) is 1. The highest BCUT2D eigenvalue weighted by Crippen LogP contribution is 2.29. The molecule has 1 rings (SSSR count). The Morgan fingerprint density at radius 3 is 2.92 bits per heavy atom. The third-order valence-electron chi connectivity index (χ3n) is 2.74. The predicted molar refractivity (Wildman–Crippen MR) is 50.2 cm³/mol. The molecule has 3 N–H and O–H groups in total. The van der Waals surface area contributed by atoms with E-state index in [0.29, 0.717) is 13.0 Å². The number of hydrogen-bond donors (Lipinski definition) is 2. The van der Waals surface area contributed by atoms with Crippen LogP contribution in [0.15, 0.2) is 0 Å². The van der Waals surface area contributed by atoms with Crippen molar-refractivity contribution < 1.29 is 9.53 Å². The van der Waals surface area contributed by atoms with E-state index in [4.69, 9.17) is 5.73 Å². The van der Waals surface area contributed by atoms with E-state index < -0.39 is 0 Å². The molecular weight excluding hydrogens is 168 g/mol. The number of carbonyl (C=O) groups excluding carboxylic acids is 1. The van der Waals surface area contributed by atoms with Crippen molar-refractivity contribution in [1.82, 2.24) is 5.32 Å². The molecule has 0 amide bonds. The van der Waals surface area contributed by atoms with Crippen molar-refractivity contribution in [2.75, 3.05) is 26.7 Å². The van der Waals surface area contributed by atoms with Crippen LogP contribution in [0.4, 0.5) is 0 Å². The number of esters is 1. The Hall–Kier alpha value is -0.610. The number of methoxy groups -OCH3 is 1. The van der Waals surface area contributed by atoms with E-state index in [1.165, 1.54) is 7.11 Å². The standard InChI is InChI=1S/C9H18N2O2/c1-13-8(12)5-9(6-10)3-2-4-11-7-9/h11H,2-7,10H2,1H3. The summed E-state index contributed by atoms with van der Waals surface area (Å²) >= 11 is 0. The molecule has 0 spiro atoms. The van der Waals surface area contributed by atoms with Crippen molar-refractivity contribution in [2.24, 2.45) is 11.1 Å². The third-order valence-corrected chi connectivity index (χ3v) is 2.74. The molecule has 0 aromatic rings. The fraction of sp³-hybridized carbons (Fsp3) is 0.889. The average molecular weight is 186 g/mol. The Bertz CT molecular complexity index is 176. The maximum atomic E-state index is 11.1. The van der Waals surface area contributed by atoms with Gasteiger partial charge < -0.3 is 15.8 Å². The van der Waals surface area contributed by atoms with Crippen molar-refractivity contribution in [3.63, 3.8) is 0 Å². The van der Waals surface area contributed by atoms with Crippen molar-refractivity contribution >= 4 is 5.97 Å². The van der Waals surface area contributed by atoms with E-state index in [-0.39, 0.29) is 11.4 Å². The smallest absolute Gasteiger partial charge is 0.306 e. The first-order chi connectivity index (χ1) is 6.22. The summed E-state index contributed by atoms with van der Waals surface area (Å²) in [5.41, 5.74) is 5.63. The number of carbonyl (C=O) groups is 1. The number of rotatable bonds is 3. The molecule has 0 bridgehead atoms. The van der Waals surface area contributed by atoms with Gasteiger partial charge in [0.15, 0.2) is 0 Å². The molecule has 1 atom stereocenters. The van der Waals surface area contributed by atoms with Crippen LogP contribution in [0.2, 0.25) is 0 Å². The van der Waals surface area contributed by atoms with Gasteiger partial charge in [-0.1, -0.05) is 0 Å². The molecule has 0 aromatic heterocycles. The summed E-state index contributed by atoms with van der Waals surface area (Å²) < 4.78 is 4.66. The topological polar surface area (TPSA) is 64.3 Å². The largest absolute Gasteiger partial charge is 0.469 e. The molecule has 4 heteroatoms. The van der Waals surface area contributed by atoms with Gasteiger partial charge >= 0.3 is 5.97 Å². The van der Waals surface area contributed by atoms with Crippen molar-refractivity contribution in [3.8, 4) is 0 Å². The molecule has 13 heavy (non-hydrogen) atoms. The highest BCUT2D eigenvalue weighted by Gasteiger charge is 2.33. The molecule has 0 aromatic carbocycles. The average Bonchev–Trinajstić information content (AvgIpc) is 2.19. The molecule has 0 aliphatic carbocycles. The number of piperidine rings is 1. The molecule has 76 valence electrons.